The molecule has 1 N–H and O–H groups in total. The SMILES string of the molecule is CCOc1ccc(C(=O)Oc2ccc3c(=O)c(Oc4ccc(Cl)c(C)c4)c(C(F)(F)F)oc3c2C[NH+]2CCCCC2)cc1. The summed E-state index contributed by atoms with van der Waals surface area (Å²) in [6.07, 6.45) is -2.12. The van der Waals surface area contributed by atoms with Crippen molar-refractivity contribution in [1.82, 2.24) is 0 Å². The Bertz CT molecular complexity index is 1700. The molecule has 3 aromatic carbocycles. The number of fused-ring (bicyclic) bond motifs is 1. The number of nitrogens with one attached hydrogen (secondary N) is 1. The van der Waals surface area contributed by atoms with Crippen LogP contribution in [0.1, 0.15) is 53.4 Å². The first kappa shape index (κ1) is 30.4. The van der Waals surface area contributed by atoms with Crippen LogP contribution in [0.4, 0.5) is 13.2 Å². The third kappa shape index (κ3) is 6.81. The first-order chi connectivity index (χ1) is 20.5. The van der Waals surface area contributed by atoms with Crippen LogP contribution in [0.15, 0.2) is 63.8 Å². The van der Waals surface area contributed by atoms with Gasteiger partial charge in [0.15, 0.2) is 5.58 Å². The average molecular weight is 617 g/mol. The number of piperidine rings is 1. The van der Waals surface area contributed by atoms with Crippen LogP contribution >= 0.6 is 11.6 Å². The first-order valence-corrected chi connectivity index (χ1v) is 14.4. The number of halogens is 4. The fraction of sp³-hybridized carbons (Fsp3) is 0.312. The molecule has 5 rings (SSSR count). The zero-order valence-electron chi connectivity index (χ0n) is 23.6. The van der Waals surface area contributed by atoms with Gasteiger partial charge in [0.1, 0.15) is 23.8 Å². The zero-order chi connectivity index (χ0) is 30.7. The number of hydrogen-bond acceptors (Lipinski definition) is 6. The maximum Gasteiger partial charge on any atom is 0.453 e. The molecule has 2 heterocycles. The Morgan fingerprint density at radius 3 is 2.35 bits per heavy atom. The highest BCUT2D eigenvalue weighted by Gasteiger charge is 2.41. The van der Waals surface area contributed by atoms with E-state index in [1.807, 2.05) is 6.92 Å². The van der Waals surface area contributed by atoms with Crippen LogP contribution in [0.2, 0.25) is 5.02 Å². The van der Waals surface area contributed by atoms with Crippen LogP contribution in [-0.4, -0.2) is 25.7 Å². The van der Waals surface area contributed by atoms with Crippen molar-refractivity contribution < 1.29 is 41.5 Å². The van der Waals surface area contributed by atoms with Crippen molar-refractivity contribution in [3.8, 4) is 23.0 Å². The molecule has 0 amide bonds. The van der Waals surface area contributed by atoms with E-state index in [9.17, 15) is 22.8 Å². The van der Waals surface area contributed by atoms with Crippen molar-refractivity contribution in [2.24, 2.45) is 0 Å². The fourth-order valence-electron chi connectivity index (χ4n) is 5.11. The number of benzene rings is 3. The van der Waals surface area contributed by atoms with Crippen LogP contribution in [0.5, 0.6) is 23.0 Å². The Balaban J connectivity index is 1.62. The molecule has 1 aromatic heterocycles. The van der Waals surface area contributed by atoms with Gasteiger partial charge >= 0.3 is 12.1 Å². The van der Waals surface area contributed by atoms with Gasteiger partial charge in [0.2, 0.25) is 11.2 Å². The highest BCUT2D eigenvalue weighted by atomic mass is 35.5. The lowest BCUT2D eigenvalue weighted by molar-refractivity contribution is -0.918. The summed E-state index contributed by atoms with van der Waals surface area (Å²) >= 11 is 6.04. The van der Waals surface area contributed by atoms with Crippen LogP contribution in [0, 0.1) is 6.92 Å². The summed E-state index contributed by atoms with van der Waals surface area (Å²) in [6, 6.07) is 13.3. The summed E-state index contributed by atoms with van der Waals surface area (Å²) < 4.78 is 65.3. The lowest BCUT2D eigenvalue weighted by atomic mass is 10.1. The molecule has 0 saturated carbocycles. The third-order valence-corrected chi connectivity index (χ3v) is 7.70. The Kier molecular flexibility index (Phi) is 8.98. The minimum atomic E-state index is -5.06. The number of hydrogen-bond donors (Lipinski definition) is 1. The van der Waals surface area contributed by atoms with E-state index in [1.54, 1.807) is 19.1 Å². The molecular formula is C32H30ClF3NO6+. The molecule has 1 aliphatic rings. The van der Waals surface area contributed by atoms with Gasteiger partial charge in [-0.1, -0.05) is 11.6 Å². The summed E-state index contributed by atoms with van der Waals surface area (Å²) in [5, 5.41) is 0.270. The highest BCUT2D eigenvalue weighted by molar-refractivity contribution is 6.31. The number of quaternary nitrogens is 1. The lowest BCUT2D eigenvalue weighted by Crippen LogP contribution is -3.11. The van der Waals surface area contributed by atoms with E-state index in [4.69, 9.17) is 30.2 Å². The van der Waals surface area contributed by atoms with Gasteiger partial charge in [-0.25, -0.2) is 4.79 Å². The molecule has 0 unspecified atom stereocenters. The standard InChI is InChI=1S/C32H29ClF3NO6/c1-3-40-21-9-7-20(8-10-21)31(39)42-26-14-12-23-27(38)29(41-22-11-13-25(33)19(2)17-22)30(32(34,35)36)43-28(23)24(26)18-37-15-5-4-6-16-37/h7-14,17H,3-6,15-16,18H2,1-2H3/p+1. The quantitative estimate of drug-likeness (QED) is 0.174. The summed E-state index contributed by atoms with van der Waals surface area (Å²) in [4.78, 5) is 27.8. The molecule has 7 nitrogen and oxygen atoms in total. The molecule has 0 radical (unpaired) electrons. The number of likely N-dealkylation sites (tertiary alicyclic amines) is 1. The second-order valence-electron chi connectivity index (χ2n) is 10.4. The van der Waals surface area contributed by atoms with Crippen LogP contribution in [-0.2, 0) is 12.7 Å². The summed E-state index contributed by atoms with van der Waals surface area (Å²) in [5.41, 5.74) is -0.319. The summed E-state index contributed by atoms with van der Waals surface area (Å²) in [7, 11) is 0. The van der Waals surface area contributed by atoms with E-state index in [2.05, 4.69) is 0 Å². The number of aryl methyl sites for hydroxylation is 1. The van der Waals surface area contributed by atoms with E-state index in [0.29, 0.717) is 22.9 Å². The average Bonchev–Trinajstić information content (AvgIpc) is 2.98. The molecule has 226 valence electrons. The number of alkyl halides is 3. The maximum atomic E-state index is 14.4. The summed E-state index contributed by atoms with van der Waals surface area (Å²) in [5.74, 6) is -2.69. The van der Waals surface area contributed by atoms with E-state index in [0.717, 1.165) is 37.3 Å². The van der Waals surface area contributed by atoms with Gasteiger partial charge in [0, 0.05) is 5.02 Å². The van der Waals surface area contributed by atoms with Crippen LogP contribution in [0.3, 0.4) is 0 Å². The Hall–Kier alpha value is -4.02. The van der Waals surface area contributed by atoms with Crippen molar-refractivity contribution in [2.45, 2.75) is 45.8 Å². The number of esters is 1. The topological polar surface area (TPSA) is 79.4 Å². The van der Waals surface area contributed by atoms with Crippen LogP contribution < -0.4 is 24.5 Å². The molecule has 0 atom stereocenters. The highest BCUT2D eigenvalue weighted by Crippen LogP contribution is 2.40. The van der Waals surface area contributed by atoms with Crippen molar-refractivity contribution in [3.05, 3.63) is 92.3 Å². The summed E-state index contributed by atoms with van der Waals surface area (Å²) in [6.45, 7) is 5.70. The normalized spacial score (nSPS) is 14.1. The second-order valence-corrected chi connectivity index (χ2v) is 10.8. The van der Waals surface area contributed by atoms with Crippen molar-refractivity contribution >= 4 is 28.5 Å². The largest absolute Gasteiger partial charge is 0.494 e. The predicted octanol–water partition coefficient (Wildman–Crippen LogP) is 6.75. The first-order valence-electron chi connectivity index (χ1n) is 14.0. The molecular weight excluding hydrogens is 587 g/mol. The zero-order valence-corrected chi connectivity index (χ0v) is 24.4. The van der Waals surface area contributed by atoms with Crippen molar-refractivity contribution in [2.75, 3.05) is 19.7 Å². The van der Waals surface area contributed by atoms with Gasteiger partial charge in [-0.3, -0.25) is 4.79 Å². The molecule has 0 aliphatic carbocycles. The van der Waals surface area contributed by atoms with Gasteiger partial charge in [0.05, 0.1) is 36.2 Å². The molecule has 43 heavy (non-hydrogen) atoms. The second kappa shape index (κ2) is 12.7. The minimum Gasteiger partial charge on any atom is -0.494 e. The van der Waals surface area contributed by atoms with Gasteiger partial charge < -0.3 is 23.5 Å². The van der Waals surface area contributed by atoms with E-state index in [1.165, 1.54) is 42.5 Å². The Morgan fingerprint density at radius 1 is 1.00 bits per heavy atom. The molecule has 1 fully saturated rings. The minimum absolute atomic E-state index is 0.00191. The molecule has 0 bridgehead atoms. The van der Waals surface area contributed by atoms with Gasteiger partial charge in [-0.2, -0.15) is 13.2 Å². The number of rotatable bonds is 8. The Morgan fingerprint density at radius 2 is 1.70 bits per heavy atom. The smallest absolute Gasteiger partial charge is 0.453 e. The van der Waals surface area contributed by atoms with Crippen molar-refractivity contribution in [1.29, 1.82) is 0 Å². The van der Waals surface area contributed by atoms with Gasteiger partial charge in [-0.15, -0.1) is 0 Å². The third-order valence-electron chi connectivity index (χ3n) is 7.28. The van der Waals surface area contributed by atoms with E-state index in [-0.39, 0.29) is 40.1 Å². The Labute approximate surface area is 250 Å². The molecule has 1 saturated heterocycles. The predicted molar refractivity (Wildman–Crippen MR) is 155 cm³/mol. The molecule has 11 heteroatoms. The molecule has 1 aliphatic heterocycles. The van der Waals surface area contributed by atoms with Crippen molar-refractivity contribution in [3.63, 3.8) is 0 Å². The number of ether oxygens (including phenoxy) is 3. The number of carbonyl (C=O) groups is 1. The van der Waals surface area contributed by atoms with Crippen LogP contribution in [0.25, 0.3) is 11.0 Å². The van der Waals surface area contributed by atoms with Gasteiger partial charge in [0.25, 0.3) is 5.76 Å². The molecule has 0 spiro atoms. The monoisotopic (exact) mass is 616 g/mol. The maximum absolute atomic E-state index is 14.4. The molecule has 4 aromatic rings. The fourth-order valence-corrected chi connectivity index (χ4v) is 5.23. The number of carbonyl (C=O) groups excluding carboxylic acids is 1. The van der Waals surface area contributed by atoms with E-state index < -0.39 is 29.1 Å². The van der Waals surface area contributed by atoms with E-state index >= 15 is 0 Å². The lowest BCUT2D eigenvalue weighted by Gasteiger charge is -2.25. The van der Waals surface area contributed by atoms with Gasteiger partial charge in [-0.05, 0) is 93.3 Å².